The van der Waals surface area contributed by atoms with Crippen LogP contribution in [0.25, 0.3) is 0 Å². The minimum absolute atomic E-state index is 0.441. The maximum atomic E-state index is 5.52. The van der Waals surface area contributed by atoms with Gasteiger partial charge in [-0.2, -0.15) is 0 Å². The van der Waals surface area contributed by atoms with Crippen molar-refractivity contribution in [2.45, 2.75) is 43.4 Å². The van der Waals surface area contributed by atoms with Crippen LogP contribution in [0.15, 0.2) is 40.1 Å². The zero-order valence-corrected chi connectivity index (χ0v) is 17.3. The van der Waals surface area contributed by atoms with Gasteiger partial charge in [0.25, 0.3) is 0 Å². The fraction of sp³-hybridized carbons (Fsp3) is 0.455. The van der Waals surface area contributed by atoms with Crippen molar-refractivity contribution in [2.24, 2.45) is 0 Å². The Morgan fingerprint density at radius 2 is 1.69 bits per heavy atom. The summed E-state index contributed by atoms with van der Waals surface area (Å²) in [5, 5.41) is 0. The van der Waals surface area contributed by atoms with E-state index in [0.29, 0.717) is 5.92 Å². The standard InChI is InChI=1S/C22H29NO2S/c1-15(2)20-14-19(6-7-21(20)24-5)26-22-16(3)12-18(13-17(22)4)23-8-10-25-11-9-23/h6-7,12-15H,8-11H2,1-5H3. The molecule has 1 heterocycles. The predicted octanol–water partition coefficient (Wildman–Crippen LogP) is 5.42. The smallest absolute Gasteiger partial charge is 0.122 e. The van der Waals surface area contributed by atoms with Crippen molar-refractivity contribution in [1.29, 1.82) is 0 Å². The molecule has 0 aromatic heterocycles. The lowest BCUT2D eigenvalue weighted by atomic mass is 10.0. The molecule has 140 valence electrons. The normalized spacial score (nSPS) is 14.8. The Morgan fingerprint density at radius 3 is 2.27 bits per heavy atom. The number of hydrogen-bond acceptors (Lipinski definition) is 4. The number of ether oxygens (including phenoxy) is 2. The van der Waals surface area contributed by atoms with Crippen LogP contribution in [0.4, 0.5) is 5.69 Å². The molecule has 0 bridgehead atoms. The summed E-state index contributed by atoms with van der Waals surface area (Å²) in [6.07, 6.45) is 0. The molecule has 0 amide bonds. The maximum absolute atomic E-state index is 5.52. The lowest BCUT2D eigenvalue weighted by Crippen LogP contribution is -2.36. The third-order valence-electron chi connectivity index (χ3n) is 4.86. The summed E-state index contributed by atoms with van der Waals surface area (Å²) >= 11 is 1.85. The Morgan fingerprint density at radius 1 is 1.04 bits per heavy atom. The van der Waals surface area contributed by atoms with Crippen molar-refractivity contribution >= 4 is 17.4 Å². The average molecular weight is 372 g/mol. The van der Waals surface area contributed by atoms with Crippen LogP contribution in [-0.2, 0) is 4.74 Å². The monoisotopic (exact) mass is 371 g/mol. The Balaban J connectivity index is 1.87. The lowest BCUT2D eigenvalue weighted by Gasteiger charge is -2.30. The number of anilines is 1. The predicted molar refractivity (Wildman–Crippen MR) is 110 cm³/mol. The van der Waals surface area contributed by atoms with Gasteiger partial charge in [0.15, 0.2) is 0 Å². The third kappa shape index (κ3) is 4.18. The van der Waals surface area contributed by atoms with Gasteiger partial charge in [-0.25, -0.2) is 0 Å². The van der Waals surface area contributed by atoms with E-state index in [1.165, 1.54) is 32.2 Å². The molecule has 0 radical (unpaired) electrons. The van der Waals surface area contributed by atoms with E-state index in [1.54, 1.807) is 7.11 Å². The summed E-state index contributed by atoms with van der Waals surface area (Å²) < 4.78 is 11.0. The van der Waals surface area contributed by atoms with E-state index in [2.05, 4.69) is 62.9 Å². The van der Waals surface area contributed by atoms with E-state index < -0.39 is 0 Å². The summed E-state index contributed by atoms with van der Waals surface area (Å²) in [6.45, 7) is 12.4. The molecule has 3 nitrogen and oxygen atoms in total. The number of aryl methyl sites for hydroxylation is 2. The Bertz CT molecular complexity index is 744. The zero-order chi connectivity index (χ0) is 18.7. The van der Waals surface area contributed by atoms with E-state index in [-0.39, 0.29) is 0 Å². The van der Waals surface area contributed by atoms with Crippen molar-refractivity contribution in [3.8, 4) is 5.75 Å². The average Bonchev–Trinajstić information content (AvgIpc) is 2.65. The topological polar surface area (TPSA) is 21.7 Å². The molecule has 0 unspecified atom stereocenters. The van der Waals surface area contributed by atoms with Crippen LogP contribution in [0.2, 0.25) is 0 Å². The van der Waals surface area contributed by atoms with Crippen LogP contribution in [-0.4, -0.2) is 33.4 Å². The maximum Gasteiger partial charge on any atom is 0.122 e. The molecular formula is C22H29NO2S. The molecule has 1 aliphatic rings. The summed E-state index contributed by atoms with van der Waals surface area (Å²) in [5.41, 5.74) is 5.24. The van der Waals surface area contributed by atoms with Crippen LogP contribution in [0.3, 0.4) is 0 Å². The van der Waals surface area contributed by atoms with Crippen LogP contribution in [0, 0.1) is 13.8 Å². The SMILES string of the molecule is COc1ccc(Sc2c(C)cc(N3CCOCC3)cc2C)cc1C(C)C. The van der Waals surface area contributed by atoms with Crippen LogP contribution >= 0.6 is 11.8 Å². The van der Waals surface area contributed by atoms with Gasteiger partial charge in [-0.05, 0) is 66.8 Å². The molecule has 26 heavy (non-hydrogen) atoms. The number of benzene rings is 2. The van der Waals surface area contributed by atoms with Gasteiger partial charge in [-0.1, -0.05) is 25.6 Å². The van der Waals surface area contributed by atoms with Gasteiger partial charge in [-0.15, -0.1) is 0 Å². The first kappa shape index (κ1) is 19.1. The van der Waals surface area contributed by atoms with Gasteiger partial charge >= 0.3 is 0 Å². The second-order valence-corrected chi connectivity index (χ2v) is 8.25. The van der Waals surface area contributed by atoms with Gasteiger partial charge in [0.1, 0.15) is 5.75 Å². The Labute approximate surface area is 161 Å². The van der Waals surface area contributed by atoms with Crippen molar-refractivity contribution < 1.29 is 9.47 Å². The third-order valence-corrected chi connectivity index (χ3v) is 6.20. The molecule has 0 aliphatic carbocycles. The fourth-order valence-corrected chi connectivity index (χ4v) is 4.43. The second kappa shape index (κ2) is 8.36. The van der Waals surface area contributed by atoms with E-state index in [9.17, 15) is 0 Å². The van der Waals surface area contributed by atoms with Gasteiger partial charge in [0.05, 0.1) is 20.3 Å². The van der Waals surface area contributed by atoms with Crippen LogP contribution in [0.5, 0.6) is 5.75 Å². The minimum atomic E-state index is 0.441. The van der Waals surface area contributed by atoms with Gasteiger partial charge in [0, 0.05) is 28.6 Å². The number of hydrogen-bond donors (Lipinski definition) is 0. The molecule has 0 atom stereocenters. The highest BCUT2D eigenvalue weighted by Crippen LogP contribution is 2.38. The first-order valence-corrected chi connectivity index (χ1v) is 10.1. The van der Waals surface area contributed by atoms with Crippen LogP contribution < -0.4 is 9.64 Å². The molecule has 0 spiro atoms. The van der Waals surface area contributed by atoms with E-state index >= 15 is 0 Å². The van der Waals surface area contributed by atoms with E-state index in [0.717, 1.165) is 32.1 Å². The van der Waals surface area contributed by atoms with Crippen LogP contribution in [0.1, 0.15) is 36.5 Å². The first-order valence-electron chi connectivity index (χ1n) is 9.29. The van der Waals surface area contributed by atoms with Crippen molar-refractivity contribution in [3.63, 3.8) is 0 Å². The zero-order valence-electron chi connectivity index (χ0n) is 16.5. The second-order valence-electron chi connectivity index (χ2n) is 7.17. The minimum Gasteiger partial charge on any atom is -0.496 e. The number of rotatable bonds is 5. The molecule has 1 fully saturated rings. The number of methoxy groups -OCH3 is 1. The summed E-state index contributed by atoms with van der Waals surface area (Å²) in [5.74, 6) is 1.41. The fourth-order valence-electron chi connectivity index (χ4n) is 3.44. The summed E-state index contributed by atoms with van der Waals surface area (Å²) in [6, 6.07) is 11.1. The quantitative estimate of drug-likeness (QED) is 0.699. The molecule has 0 N–H and O–H groups in total. The lowest BCUT2D eigenvalue weighted by molar-refractivity contribution is 0.122. The van der Waals surface area contributed by atoms with Crippen molar-refractivity contribution in [2.75, 3.05) is 38.3 Å². The molecule has 0 saturated carbocycles. The summed E-state index contributed by atoms with van der Waals surface area (Å²) in [7, 11) is 1.74. The number of morpholine rings is 1. The molecule has 4 heteroatoms. The molecule has 1 saturated heterocycles. The molecule has 2 aromatic rings. The van der Waals surface area contributed by atoms with Gasteiger partial charge in [-0.3, -0.25) is 0 Å². The highest BCUT2D eigenvalue weighted by molar-refractivity contribution is 7.99. The van der Waals surface area contributed by atoms with Crippen molar-refractivity contribution in [1.82, 2.24) is 0 Å². The molecule has 2 aromatic carbocycles. The van der Waals surface area contributed by atoms with E-state index in [1.807, 2.05) is 11.8 Å². The first-order chi connectivity index (χ1) is 12.5. The highest BCUT2D eigenvalue weighted by atomic mass is 32.2. The molecule has 3 rings (SSSR count). The van der Waals surface area contributed by atoms with E-state index in [4.69, 9.17) is 9.47 Å². The van der Waals surface area contributed by atoms with Gasteiger partial charge < -0.3 is 14.4 Å². The Hall–Kier alpha value is -1.65. The largest absolute Gasteiger partial charge is 0.496 e. The number of nitrogens with zero attached hydrogens (tertiary/aromatic N) is 1. The van der Waals surface area contributed by atoms with Gasteiger partial charge in [0.2, 0.25) is 0 Å². The highest BCUT2D eigenvalue weighted by Gasteiger charge is 2.15. The molecule has 1 aliphatic heterocycles. The molecular weight excluding hydrogens is 342 g/mol. The summed E-state index contributed by atoms with van der Waals surface area (Å²) in [4.78, 5) is 5.03. The Kier molecular flexibility index (Phi) is 6.15. The van der Waals surface area contributed by atoms with Crippen molar-refractivity contribution in [3.05, 3.63) is 47.0 Å².